The number of piperidine rings is 1. The summed E-state index contributed by atoms with van der Waals surface area (Å²) in [5, 5.41) is 7.71. The van der Waals surface area contributed by atoms with E-state index >= 15 is 0 Å². The molecular formula is C14H23ClN6O4S. The predicted octanol–water partition coefficient (Wildman–Crippen LogP) is 0.0174. The van der Waals surface area contributed by atoms with Gasteiger partial charge in [-0.05, 0) is 32.6 Å². The first-order valence-electron chi connectivity index (χ1n) is 8.03. The molecule has 4 N–H and O–H groups in total. The zero-order valence-corrected chi connectivity index (χ0v) is 16.2. The molecule has 146 valence electrons. The average molecular weight is 407 g/mol. The van der Waals surface area contributed by atoms with Crippen LogP contribution in [-0.4, -0.2) is 49.5 Å². The second-order valence-corrected chi connectivity index (χ2v) is 8.14. The molecule has 0 spiro atoms. The highest BCUT2D eigenvalue weighted by atomic mass is 35.5. The summed E-state index contributed by atoms with van der Waals surface area (Å²) in [6.45, 7) is 5.09. The smallest absolute Gasteiger partial charge is 0.274 e. The number of carbonyl (C=O) groups excluding carboxylic acids is 1. The van der Waals surface area contributed by atoms with E-state index in [2.05, 4.69) is 24.9 Å². The summed E-state index contributed by atoms with van der Waals surface area (Å²) in [6.07, 6.45) is 2.97. The molecule has 1 aromatic rings. The lowest BCUT2D eigenvalue weighted by Crippen LogP contribution is -2.47. The van der Waals surface area contributed by atoms with Crippen LogP contribution in [0.2, 0.25) is 0 Å². The van der Waals surface area contributed by atoms with Gasteiger partial charge in [0.1, 0.15) is 6.33 Å². The molecule has 0 atom stereocenters. The number of aromatic nitrogens is 2. The average Bonchev–Trinajstić information content (AvgIpc) is 2.53. The molecule has 0 aromatic carbocycles. The highest BCUT2D eigenvalue weighted by Gasteiger charge is 2.39. The molecule has 10 nitrogen and oxygen atoms in total. The van der Waals surface area contributed by atoms with Gasteiger partial charge in [-0.25, -0.2) is 19.8 Å². The van der Waals surface area contributed by atoms with Gasteiger partial charge in [-0.3, -0.25) is 4.79 Å². The number of nitrogens with two attached hydrogens (primary N) is 1. The van der Waals surface area contributed by atoms with Gasteiger partial charge in [-0.15, -0.1) is 12.4 Å². The predicted molar refractivity (Wildman–Crippen MR) is 98.7 cm³/mol. The maximum absolute atomic E-state index is 12.0. The Hall–Kier alpha value is -1.69. The number of hydrogen-bond acceptors (Lipinski definition) is 7. The molecule has 12 heteroatoms. The molecule has 1 fully saturated rings. The van der Waals surface area contributed by atoms with Gasteiger partial charge in [-0.1, -0.05) is 0 Å². The number of fused-ring (bicyclic) bond motifs is 1. The number of ether oxygens (including phenoxy) is 1. The van der Waals surface area contributed by atoms with Crippen LogP contribution in [0.25, 0.3) is 0 Å². The molecule has 3 heterocycles. The summed E-state index contributed by atoms with van der Waals surface area (Å²) >= 11 is 0. The Morgan fingerprint density at radius 3 is 2.65 bits per heavy atom. The first-order valence-corrected chi connectivity index (χ1v) is 9.58. The zero-order valence-electron chi connectivity index (χ0n) is 14.6. The number of carbonyl (C=O) groups is 1. The number of anilines is 2. The Morgan fingerprint density at radius 1 is 1.38 bits per heavy atom. The van der Waals surface area contributed by atoms with Crippen LogP contribution in [-0.2, 0) is 15.0 Å². The molecule has 2 aliphatic rings. The highest BCUT2D eigenvalue weighted by Crippen LogP contribution is 2.39. The van der Waals surface area contributed by atoms with Crippen molar-refractivity contribution in [2.24, 2.45) is 11.1 Å². The molecule has 0 aliphatic carbocycles. The van der Waals surface area contributed by atoms with Crippen molar-refractivity contribution in [3.8, 4) is 5.75 Å². The summed E-state index contributed by atoms with van der Waals surface area (Å²) < 4.78 is 30.2. The third-order valence-electron chi connectivity index (χ3n) is 4.41. The third-order valence-corrected chi connectivity index (χ3v) is 4.98. The molecule has 0 bridgehead atoms. The number of hydrogen-bond donors (Lipinski definition) is 3. The molecule has 0 unspecified atom stereocenters. The van der Waals surface area contributed by atoms with Gasteiger partial charge < -0.3 is 15.0 Å². The van der Waals surface area contributed by atoms with E-state index in [-0.39, 0.29) is 24.2 Å². The van der Waals surface area contributed by atoms with Gasteiger partial charge in [0.05, 0.1) is 0 Å². The molecule has 0 radical (unpaired) electrons. The van der Waals surface area contributed by atoms with Crippen LogP contribution < -0.4 is 24.8 Å². The fourth-order valence-corrected chi connectivity index (χ4v) is 3.38. The van der Waals surface area contributed by atoms with Gasteiger partial charge >= 0.3 is 0 Å². The van der Waals surface area contributed by atoms with Gasteiger partial charge in [0.25, 0.3) is 16.1 Å². The van der Waals surface area contributed by atoms with E-state index < -0.39 is 15.8 Å². The molecule has 26 heavy (non-hydrogen) atoms. The Labute approximate surface area is 158 Å². The maximum Gasteiger partial charge on any atom is 0.274 e. The minimum Gasteiger partial charge on any atom is -0.470 e. The number of rotatable bonds is 4. The lowest BCUT2D eigenvalue weighted by atomic mass is 9.97. The topological polar surface area (TPSA) is 140 Å². The first-order chi connectivity index (χ1) is 11.7. The highest BCUT2D eigenvalue weighted by molar-refractivity contribution is 7.87. The standard InChI is InChI=1S/C14H22N6O4S.ClH/c1-14(2)13(21)19-11-10(24-14)12(17-8-16-11)20-5-3-9(4-6-20)7-18-25(15,22)23;/h8-9,18H,3-7H2,1-2H3,(H2,15,22,23)(H,16,17,19,21);1H. The monoisotopic (exact) mass is 406 g/mol. The summed E-state index contributed by atoms with van der Waals surface area (Å²) in [7, 11) is -3.66. The van der Waals surface area contributed by atoms with Crippen molar-refractivity contribution in [3.05, 3.63) is 6.33 Å². The van der Waals surface area contributed by atoms with Gasteiger partial charge in [-0.2, -0.15) is 8.42 Å². The van der Waals surface area contributed by atoms with Crippen molar-refractivity contribution >= 4 is 40.2 Å². The Kier molecular flexibility index (Phi) is 5.95. The number of nitrogens with zero attached hydrogens (tertiary/aromatic N) is 3. The normalized spacial score (nSPS) is 19.8. The van der Waals surface area contributed by atoms with Crippen LogP contribution in [0.5, 0.6) is 5.75 Å². The molecule has 1 aromatic heterocycles. The number of halogens is 1. The SMILES string of the molecule is CC1(C)Oc2c(ncnc2N2CCC(CNS(N)(=O)=O)CC2)NC1=O.Cl. The van der Waals surface area contributed by atoms with Gasteiger partial charge in [0.2, 0.25) is 5.75 Å². The van der Waals surface area contributed by atoms with Crippen LogP contribution in [0.4, 0.5) is 11.6 Å². The summed E-state index contributed by atoms with van der Waals surface area (Å²) in [5.74, 6) is 1.43. The molecular weight excluding hydrogens is 384 g/mol. The van der Waals surface area contributed by atoms with Crippen LogP contribution in [0.3, 0.4) is 0 Å². The van der Waals surface area contributed by atoms with Gasteiger partial charge in [0.15, 0.2) is 17.2 Å². The zero-order chi connectivity index (χ0) is 18.2. The van der Waals surface area contributed by atoms with Crippen molar-refractivity contribution in [1.29, 1.82) is 0 Å². The van der Waals surface area contributed by atoms with Crippen molar-refractivity contribution in [2.75, 3.05) is 29.9 Å². The first kappa shape index (κ1) is 20.6. The Balaban J connectivity index is 0.00000243. The van der Waals surface area contributed by atoms with Crippen molar-refractivity contribution in [2.45, 2.75) is 32.3 Å². The van der Waals surface area contributed by atoms with Crippen LogP contribution in [0, 0.1) is 5.92 Å². The lowest BCUT2D eigenvalue weighted by Gasteiger charge is -2.36. The van der Waals surface area contributed by atoms with E-state index in [1.807, 2.05) is 0 Å². The lowest BCUT2D eigenvalue weighted by molar-refractivity contribution is -0.129. The quantitative estimate of drug-likeness (QED) is 0.640. The minimum absolute atomic E-state index is 0. The van der Waals surface area contributed by atoms with E-state index in [9.17, 15) is 13.2 Å². The molecule has 0 saturated carbocycles. The second-order valence-electron chi connectivity index (χ2n) is 6.77. The Morgan fingerprint density at radius 2 is 2.04 bits per heavy atom. The Bertz CT molecular complexity index is 780. The maximum atomic E-state index is 12.0. The second kappa shape index (κ2) is 7.51. The van der Waals surface area contributed by atoms with Crippen LogP contribution in [0.15, 0.2) is 6.33 Å². The van der Waals surface area contributed by atoms with Gasteiger partial charge in [0, 0.05) is 19.6 Å². The minimum atomic E-state index is -3.66. The fourth-order valence-electron chi connectivity index (χ4n) is 2.92. The molecule has 1 saturated heterocycles. The number of nitrogens with one attached hydrogen (secondary N) is 2. The van der Waals surface area contributed by atoms with Crippen molar-refractivity contribution in [3.63, 3.8) is 0 Å². The number of amides is 1. The molecule has 3 rings (SSSR count). The van der Waals surface area contributed by atoms with Crippen LogP contribution in [0.1, 0.15) is 26.7 Å². The van der Waals surface area contributed by atoms with Crippen molar-refractivity contribution in [1.82, 2.24) is 14.7 Å². The van der Waals surface area contributed by atoms with Crippen molar-refractivity contribution < 1.29 is 17.9 Å². The van der Waals surface area contributed by atoms with E-state index in [1.165, 1.54) is 6.33 Å². The fraction of sp³-hybridized carbons (Fsp3) is 0.643. The van der Waals surface area contributed by atoms with E-state index in [1.54, 1.807) is 13.8 Å². The largest absolute Gasteiger partial charge is 0.470 e. The summed E-state index contributed by atoms with van der Waals surface area (Å²) in [4.78, 5) is 22.4. The van der Waals surface area contributed by atoms with Crippen LogP contribution >= 0.6 is 12.4 Å². The van der Waals surface area contributed by atoms with E-state index in [0.29, 0.717) is 37.0 Å². The summed E-state index contributed by atoms with van der Waals surface area (Å²) in [6, 6.07) is 0. The molecule has 2 aliphatic heterocycles. The van der Waals surface area contributed by atoms with E-state index in [0.717, 1.165) is 12.8 Å². The third kappa shape index (κ3) is 4.53. The molecule has 1 amide bonds. The van der Waals surface area contributed by atoms with E-state index in [4.69, 9.17) is 9.88 Å². The summed E-state index contributed by atoms with van der Waals surface area (Å²) in [5.41, 5.74) is -0.996.